The van der Waals surface area contributed by atoms with E-state index in [2.05, 4.69) is 5.32 Å². The van der Waals surface area contributed by atoms with Gasteiger partial charge in [0.25, 0.3) is 5.91 Å². The molecule has 2 fully saturated rings. The zero-order valence-corrected chi connectivity index (χ0v) is 15.9. The molecule has 7 heteroatoms. The lowest BCUT2D eigenvalue weighted by Gasteiger charge is -2.40. The van der Waals surface area contributed by atoms with Crippen LogP contribution in [0.25, 0.3) is 0 Å². The molecule has 2 amide bonds. The van der Waals surface area contributed by atoms with Crippen LogP contribution in [0.15, 0.2) is 48.5 Å². The number of carbonyl (C=O) groups is 2. The van der Waals surface area contributed by atoms with E-state index in [0.29, 0.717) is 23.2 Å². The van der Waals surface area contributed by atoms with E-state index in [1.807, 2.05) is 12.1 Å². The number of anilines is 1. The van der Waals surface area contributed by atoms with Gasteiger partial charge in [0.2, 0.25) is 5.91 Å². The van der Waals surface area contributed by atoms with Crippen molar-refractivity contribution in [1.29, 1.82) is 0 Å². The number of nitrogens with zero attached hydrogens (tertiary/aromatic N) is 1. The molecule has 1 saturated carbocycles. The van der Waals surface area contributed by atoms with Gasteiger partial charge in [-0.05, 0) is 48.6 Å². The molecule has 0 bridgehead atoms. The quantitative estimate of drug-likeness (QED) is 0.754. The summed E-state index contributed by atoms with van der Waals surface area (Å²) in [4.78, 5) is 27.4. The largest absolute Gasteiger partial charge is 0.506 e. The number of hydrogen-bond donors (Lipinski definition) is 2. The molecule has 2 aromatic carbocycles. The Kier molecular flexibility index (Phi) is 5.24. The van der Waals surface area contributed by atoms with Crippen LogP contribution in [0.4, 0.5) is 5.69 Å². The summed E-state index contributed by atoms with van der Waals surface area (Å²) in [6.45, 7) is 0.464. The number of halogens is 1. The molecule has 0 spiro atoms. The molecule has 4 rings (SSSR count). The number of rotatable bonds is 5. The first kappa shape index (κ1) is 18.8. The molecular weight excluding hydrogens is 380 g/mol. The van der Waals surface area contributed by atoms with Crippen molar-refractivity contribution in [3.8, 4) is 5.75 Å². The van der Waals surface area contributed by atoms with E-state index < -0.39 is 18.1 Å². The molecule has 2 aliphatic rings. The summed E-state index contributed by atoms with van der Waals surface area (Å²) in [7, 11) is 0. The van der Waals surface area contributed by atoms with Crippen LogP contribution in [0.2, 0.25) is 5.02 Å². The summed E-state index contributed by atoms with van der Waals surface area (Å²) >= 11 is 6.01. The van der Waals surface area contributed by atoms with Gasteiger partial charge in [-0.3, -0.25) is 9.59 Å². The lowest BCUT2D eigenvalue weighted by Crippen LogP contribution is -2.53. The molecule has 6 nitrogen and oxygen atoms in total. The van der Waals surface area contributed by atoms with Gasteiger partial charge in [-0.25, -0.2) is 0 Å². The predicted molar refractivity (Wildman–Crippen MR) is 105 cm³/mol. The Morgan fingerprint density at radius 2 is 1.89 bits per heavy atom. The van der Waals surface area contributed by atoms with Gasteiger partial charge >= 0.3 is 0 Å². The maximum Gasteiger partial charge on any atom is 0.256 e. The fraction of sp³-hybridized carbons (Fsp3) is 0.333. The first-order chi connectivity index (χ1) is 13.5. The van der Waals surface area contributed by atoms with Gasteiger partial charge in [0.1, 0.15) is 12.4 Å². The monoisotopic (exact) mass is 400 g/mol. The van der Waals surface area contributed by atoms with E-state index in [9.17, 15) is 14.7 Å². The van der Waals surface area contributed by atoms with E-state index in [1.165, 1.54) is 6.07 Å². The summed E-state index contributed by atoms with van der Waals surface area (Å²) in [5.74, 6) is -0.0902. The Hall–Kier alpha value is -2.57. The summed E-state index contributed by atoms with van der Waals surface area (Å²) in [6.07, 6.45) is 1.29. The predicted octanol–water partition coefficient (Wildman–Crippen LogP) is 3.36. The first-order valence-electron chi connectivity index (χ1n) is 9.28. The lowest BCUT2D eigenvalue weighted by molar-refractivity contribution is -0.162. The normalized spacial score (nSPS) is 22.2. The van der Waals surface area contributed by atoms with Crippen molar-refractivity contribution in [1.82, 2.24) is 4.90 Å². The highest BCUT2D eigenvalue weighted by atomic mass is 35.5. The van der Waals surface area contributed by atoms with Crippen molar-refractivity contribution in [3.05, 3.63) is 59.1 Å². The minimum atomic E-state index is -0.891. The number of phenolic OH excluding ortho intramolecular Hbond substituents is 1. The van der Waals surface area contributed by atoms with E-state index in [1.54, 1.807) is 35.2 Å². The SMILES string of the molecule is O=C(Nc1ccccc1O)[C@@H]1OCC(=O)N(CC2CC2)[C@@H]1c1ccc(Cl)cc1. The van der Waals surface area contributed by atoms with Gasteiger partial charge in [-0.15, -0.1) is 0 Å². The fourth-order valence-electron chi connectivity index (χ4n) is 3.46. The first-order valence-corrected chi connectivity index (χ1v) is 9.66. The number of hydrogen-bond acceptors (Lipinski definition) is 4. The lowest BCUT2D eigenvalue weighted by atomic mass is 9.96. The third-order valence-electron chi connectivity index (χ3n) is 5.11. The Labute approximate surface area is 168 Å². The third-order valence-corrected chi connectivity index (χ3v) is 5.36. The fourth-order valence-corrected chi connectivity index (χ4v) is 3.59. The Bertz CT molecular complexity index is 882. The topological polar surface area (TPSA) is 78.9 Å². The van der Waals surface area contributed by atoms with Crippen LogP contribution in [0, 0.1) is 5.92 Å². The molecule has 1 aliphatic carbocycles. The molecule has 1 heterocycles. The number of ether oxygens (including phenoxy) is 1. The highest BCUT2D eigenvalue weighted by molar-refractivity contribution is 6.30. The van der Waals surface area contributed by atoms with Crippen LogP contribution in [0.3, 0.4) is 0 Å². The molecule has 146 valence electrons. The Balaban J connectivity index is 1.64. The summed E-state index contributed by atoms with van der Waals surface area (Å²) < 4.78 is 5.68. The number of nitrogens with one attached hydrogen (secondary N) is 1. The second-order valence-corrected chi connectivity index (χ2v) is 7.66. The highest BCUT2D eigenvalue weighted by Gasteiger charge is 2.43. The van der Waals surface area contributed by atoms with Crippen LogP contribution >= 0.6 is 11.6 Å². The van der Waals surface area contributed by atoms with Crippen LogP contribution in [0.1, 0.15) is 24.4 Å². The highest BCUT2D eigenvalue weighted by Crippen LogP contribution is 2.37. The summed E-state index contributed by atoms with van der Waals surface area (Å²) in [5, 5.41) is 13.3. The van der Waals surface area contributed by atoms with Crippen molar-refractivity contribution < 1.29 is 19.4 Å². The van der Waals surface area contributed by atoms with E-state index in [-0.39, 0.29) is 18.3 Å². The molecule has 2 aromatic rings. The number of para-hydroxylation sites is 2. The average Bonchev–Trinajstić information content (AvgIpc) is 3.50. The van der Waals surface area contributed by atoms with Crippen LogP contribution in [0.5, 0.6) is 5.75 Å². The zero-order chi connectivity index (χ0) is 19.7. The second kappa shape index (κ2) is 7.81. The molecular formula is C21H21ClN2O4. The summed E-state index contributed by atoms with van der Waals surface area (Å²) in [5.41, 5.74) is 1.09. The van der Waals surface area contributed by atoms with E-state index in [4.69, 9.17) is 16.3 Å². The van der Waals surface area contributed by atoms with E-state index in [0.717, 1.165) is 18.4 Å². The molecule has 2 atom stereocenters. The van der Waals surface area contributed by atoms with Crippen molar-refractivity contribution in [2.45, 2.75) is 25.0 Å². The molecule has 0 aromatic heterocycles. The van der Waals surface area contributed by atoms with Gasteiger partial charge in [0.05, 0.1) is 11.7 Å². The number of aromatic hydroxyl groups is 1. The van der Waals surface area contributed by atoms with Gasteiger partial charge in [-0.1, -0.05) is 35.9 Å². The second-order valence-electron chi connectivity index (χ2n) is 7.22. The average molecular weight is 401 g/mol. The molecule has 0 radical (unpaired) electrons. The summed E-state index contributed by atoms with van der Waals surface area (Å²) in [6, 6.07) is 13.1. The van der Waals surface area contributed by atoms with Crippen LogP contribution < -0.4 is 5.32 Å². The van der Waals surface area contributed by atoms with E-state index >= 15 is 0 Å². The maximum absolute atomic E-state index is 13.0. The minimum absolute atomic E-state index is 0.0272. The molecule has 0 unspecified atom stereocenters. The molecule has 1 saturated heterocycles. The van der Waals surface area contributed by atoms with Crippen LogP contribution in [-0.4, -0.2) is 41.1 Å². The van der Waals surface area contributed by atoms with Crippen molar-refractivity contribution in [2.24, 2.45) is 5.92 Å². The third kappa shape index (κ3) is 3.98. The number of benzene rings is 2. The number of morpholine rings is 1. The van der Waals surface area contributed by atoms with Gasteiger partial charge in [0.15, 0.2) is 6.10 Å². The van der Waals surface area contributed by atoms with Crippen molar-refractivity contribution in [2.75, 3.05) is 18.5 Å². The maximum atomic E-state index is 13.0. The molecule has 1 aliphatic heterocycles. The Morgan fingerprint density at radius 1 is 1.18 bits per heavy atom. The smallest absolute Gasteiger partial charge is 0.256 e. The number of carbonyl (C=O) groups excluding carboxylic acids is 2. The van der Waals surface area contributed by atoms with Crippen molar-refractivity contribution >= 4 is 29.1 Å². The number of phenols is 1. The van der Waals surface area contributed by atoms with Crippen molar-refractivity contribution in [3.63, 3.8) is 0 Å². The zero-order valence-electron chi connectivity index (χ0n) is 15.2. The van der Waals surface area contributed by atoms with Gasteiger partial charge in [0, 0.05) is 11.6 Å². The van der Waals surface area contributed by atoms with Gasteiger partial charge < -0.3 is 20.1 Å². The minimum Gasteiger partial charge on any atom is -0.506 e. The number of amides is 2. The molecule has 28 heavy (non-hydrogen) atoms. The Morgan fingerprint density at radius 3 is 2.57 bits per heavy atom. The van der Waals surface area contributed by atoms with Gasteiger partial charge in [-0.2, -0.15) is 0 Å². The van der Waals surface area contributed by atoms with Crippen LogP contribution in [-0.2, 0) is 14.3 Å². The standard InChI is InChI=1S/C21H21ClN2O4/c22-15-9-7-14(8-10-15)19-20(21(27)23-16-3-1-2-4-17(16)25)28-12-18(26)24(19)11-13-5-6-13/h1-4,7-10,13,19-20,25H,5-6,11-12H2,(H,23,27)/t19-,20-/m1/s1. The molecule has 2 N–H and O–H groups in total.